The second-order valence-electron chi connectivity index (χ2n) is 8.50. The molecular formula is C26H26N2O5. The van der Waals surface area contributed by atoms with Crippen LogP contribution >= 0.6 is 0 Å². The number of ether oxygens (including phenoxy) is 1. The van der Waals surface area contributed by atoms with E-state index in [1.54, 1.807) is 19.4 Å². The Morgan fingerprint density at radius 2 is 1.73 bits per heavy atom. The van der Waals surface area contributed by atoms with E-state index in [1.807, 2.05) is 49.1 Å². The number of fused-ring (bicyclic) bond motifs is 2. The van der Waals surface area contributed by atoms with Gasteiger partial charge >= 0.3 is 5.63 Å². The molecule has 0 radical (unpaired) electrons. The van der Waals surface area contributed by atoms with Crippen LogP contribution in [-0.2, 0) is 11.2 Å². The molecule has 170 valence electrons. The van der Waals surface area contributed by atoms with Crippen LogP contribution in [0.3, 0.4) is 0 Å². The first kappa shape index (κ1) is 21.1. The maximum absolute atomic E-state index is 13.1. The number of amides is 1. The summed E-state index contributed by atoms with van der Waals surface area (Å²) >= 11 is 0. The number of furan rings is 1. The van der Waals surface area contributed by atoms with Crippen molar-refractivity contribution in [1.29, 1.82) is 0 Å². The molecule has 2 aromatic carbocycles. The fourth-order valence-electron chi connectivity index (χ4n) is 4.51. The topological polar surface area (TPSA) is 76.1 Å². The predicted molar refractivity (Wildman–Crippen MR) is 127 cm³/mol. The zero-order valence-corrected chi connectivity index (χ0v) is 19.0. The molecule has 7 nitrogen and oxygen atoms in total. The average molecular weight is 447 g/mol. The third kappa shape index (κ3) is 3.84. The van der Waals surface area contributed by atoms with Gasteiger partial charge < -0.3 is 23.4 Å². The second kappa shape index (κ2) is 8.31. The van der Waals surface area contributed by atoms with Crippen LogP contribution in [0.15, 0.2) is 56.3 Å². The largest absolute Gasteiger partial charge is 0.497 e. The summed E-state index contributed by atoms with van der Waals surface area (Å²) in [5.74, 6) is 0.764. The van der Waals surface area contributed by atoms with E-state index in [2.05, 4.69) is 4.90 Å². The zero-order valence-electron chi connectivity index (χ0n) is 19.0. The monoisotopic (exact) mass is 446 g/mol. The average Bonchev–Trinajstić information content (AvgIpc) is 3.20. The maximum atomic E-state index is 13.1. The number of piperazine rings is 1. The lowest BCUT2D eigenvalue weighted by Gasteiger charge is -2.36. The Balaban J connectivity index is 1.33. The van der Waals surface area contributed by atoms with Gasteiger partial charge in [0, 0.05) is 48.7 Å². The van der Waals surface area contributed by atoms with E-state index in [-0.39, 0.29) is 12.3 Å². The van der Waals surface area contributed by atoms with Crippen LogP contribution < -0.4 is 15.3 Å². The number of rotatable bonds is 4. The van der Waals surface area contributed by atoms with Crippen LogP contribution in [0.4, 0.5) is 5.69 Å². The normalized spacial score (nSPS) is 14.3. The summed E-state index contributed by atoms with van der Waals surface area (Å²) in [6.45, 7) is 6.55. The van der Waals surface area contributed by atoms with Gasteiger partial charge in [-0.1, -0.05) is 0 Å². The first-order chi connectivity index (χ1) is 15.9. The highest BCUT2D eigenvalue weighted by Crippen LogP contribution is 2.29. The Morgan fingerprint density at radius 3 is 2.42 bits per heavy atom. The Hall–Kier alpha value is -3.74. The van der Waals surface area contributed by atoms with Crippen LogP contribution in [0.25, 0.3) is 21.9 Å². The number of anilines is 1. The molecular weight excluding hydrogens is 420 g/mol. The fraction of sp³-hybridized carbons (Fsp3) is 0.308. The Labute approximate surface area is 191 Å². The van der Waals surface area contributed by atoms with Crippen molar-refractivity contribution < 1.29 is 18.4 Å². The Kier molecular flexibility index (Phi) is 5.32. The number of methoxy groups -OCH3 is 1. The number of hydrogen-bond donors (Lipinski definition) is 0. The minimum absolute atomic E-state index is 0.0368. The number of aryl methyl sites for hydroxylation is 2. The van der Waals surface area contributed by atoms with Crippen molar-refractivity contribution in [3.63, 3.8) is 0 Å². The van der Waals surface area contributed by atoms with Gasteiger partial charge in [-0.2, -0.15) is 0 Å². The quantitative estimate of drug-likeness (QED) is 0.440. The maximum Gasteiger partial charge on any atom is 0.340 e. The first-order valence-corrected chi connectivity index (χ1v) is 11.1. The number of carbonyl (C=O) groups excluding carboxylic acids is 1. The van der Waals surface area contributed by atoms with Gasteiger partial charge in [0.1, 0.15) is 16.9 Å². The lowest BCUT2D eigenvalue weighted by atomic mass is 10.0. The van der Waals surface area contributed by atoms with Gasteiger partial charge in [0.05, 0.1) is 25.4 Å². The number of nitrogens with zero attached hydrogens (tertiary/aromatic N) is 2. The molecule has 1 aliphatic rings. The lowest BCUT2D eigenvalue weighted by Crippen LogP contribution is -2.49. The third-order valence-corrected chi connectivity index (χ3v) is 6.57. The molecule has 1 saturated heterocycles. The molecule has 33 heavy (non-hydrogen) atoms. The van der Waals surface area contributed by atoms with Crippen LogP contribution in [0.2, 0.25) is 0 Å². The second-order valence-corrected chi connectivity index (χ2v) is 8.50. The van der Waals surface area contributed by atoms with Crippen molar-refractivity contribution in [2.24, 2.45) is 0 Å². The Morgan fingerprint density at radius 1 is 1.00 bits per heavy atom. The molecule has 4 aromatic rings. The number of carbonyl (C=O) groups is 1. The van der Waals surface area contributed by atoms with E-state index >= 15 is 0 Å². The molecule has 0 bridgehead atoms. The smallest absolute Gasteiger partial charge is 0.340 e. The predicted octanol–water partition coefficient (Wildman–Crippen LogP) is 4.06. The zero-order chi connectivity index (χ0) is 23.1. The first-order valence-electron chi connectivity index (χ1n) is 11.1. The van der Waals surface area contributed by atoms with Gasteiger partial charge in [0.2, 0.25) is 5.91 Å². The van der Waals surface area contributed by atoms with Gasteiger partial charge in [-0.15, -0.1) is 0 Å². The summed E-state index contributed by atoms with van der Waals surface area (Å²) in [5.41, 5.74) is 4.02. The van der Waals surface area contributed by atoms with E-state index in [9.17, 15) is 9.59 Å². The Bertz CT molecular complexity index is 1390. The SMILES string of the molecule is COc1ccc(N2CCN(C(=O)Cc3c(C)c4cc5c(C)coc5cc4oc3=O)CC2)cc1. The summed E-state index contributed by atoms with van der Waals surface area (Å²) in [6, 6.07) is 11.7. The van der Waals surface area contributed by atoms with Crippen LogP contribution in [0, 0.1) is 13.8 Å². The highest BCUT2D eigenvalue weighted by molar-refractivity contribution is 5.96. The van der Waals surface area contributed by atoms with Crippen molar-refractivity contribution in [2.75, 3.05) is 38.2 Å². The molecule has 5 rings (SSSR count). The van der Waals surface area contributed by atoms with Crippen LogP contribution in [0.1, 0.15) is 16.7 Å². The summed E-state index contributed by atoms with van der Waals surface area (Å²) in [7, 11) is 1.65. The van der Waals surface area contributed by atoms with Crippen molar-refractivity contribution >= 4 is 33.5 Å². The van der Waals surface area contributed by atoms with Crippen LogP contribution in [0.5, 0.6) is 5.75 Å². The van der Waals surface area contributed by atoms with E-state index in [4.69, 9.17) is 13.6 Å². The minimum atomic E-state index is -0.465. The molecule has 0 saturated carbocycles. The minimum Gasteiger partial charge on any atom is -0.497 e. The molecule has 3 heterocycles. The van der Waals surface area contributed by atoms with Crippen molar-refractivity contribution in [2.45, 2.75) is 20.3 Å². The van der Waals surface area contributed by atoms with Gasteiger partial charge in [0.15, 0.2) is 0 Å². The van der Waals surface area contributed by atoms with Crippen molar-refractivity contribution in [1.82, 2.24) is 4.90 Å². The molecule has 7 heteroatoms. The fourth-order valence-corrected chi connectivity index (χ4v) is 4.51. The molecule has 0 N–H and O–H groups in total. The molecule has 1 amide bonds. The molecule has 0 unspecified atom stereocenters. The van der Waals surface area contributed by atoms with E-state index in [0.29, 0.717) is 29.8 Å². The van der Waals surface area contributed by atoms with E-state index in [1.165, 1.54) is 0 Å². The molecule has 0 atom stereocenters. The van der Waals surface area contributed by atoms with E-state index in [0.717, 1.165) is 46.4 Å². The lowest BCUT2D eigenvalue weighted by molar-refractivity contribution is -0.130. The van der Waals surface area contributed by atoms with Gasteiger partial charge in [-0.05, 0) is 55.3 Å². The van der Waals surface area contributed by atoms with Gasteiger partial charge in [-0.25, -0.2) is 4.79 Å². The molecule has 0 spiro atoms. The van der Waals surface area contributed by atoms with Gasteiger partial charge in [-0.3, -0.25) is 4.79 Å². The molecule has 0 aliphatic carbocycles. The standard InChI is InChI=1S/C26H26N2O5/c1-16-15-32-23-14-24-21(12-20(16)23)17(2)22(26(30)33-24)13-25(29)28-10-8-27(9-11-28)18-4-6-19(31-3)7-5-18/h4-7,12,14-15H,8-11,13H2,1-3H3. The number of hydrogen-bond acceptors (Lipinski definition) is 6. The third-order valence-electron chi connectivity index (χ3n) is 6.57. The molecule has 2 aromatic heterocycles. The van der Waals surface area contributed by atoms with Crippen LogP contribution in [-0.4, -0.2) is 44.1 Å². The molecule has 1 fully saturated rings. The number of benzene rings is 2. The van der Waals surface area contributed by atoms with Gasteiger partial charge in [0.25, 0.3) is 0 Å². The van der Waals surface area contributed by atoms with Crippen molar-refractivity contribution in [3.8, 4) is 5.75 Å². The van der Waals surface area contributed by atoms with Crippen molar-refractivity contribution in [3.05, 3.63) is 69.8 Å². The summed E-state index contributed by atoms with van der Waals surface area (Å²) in [4.78, 5) is 29.8. The summed E-state index contributed by atoms with van der Waals surface area (Å²) in [5, 5.41) is 1.81. The summed E-state index contributed by atoms with van der Waals surface area (Å²) < 4.78 is 16.3. The highest BCUT2D eigenvalue weighted by atomic mass is 16.5. The van der Waals surface area contributed by atoms with E-state index < -0.39 is 5.63 Å². The summed E-state index contributed by atoms with van der Waals surface area (Å²) in [6.07, 6.45) is 1.72. The highest BCUT2D eigenvalue weighted by Gasteiger charge is 2.24. The molecule has 1 aliphatic heterocycles.